The number of benzene rings is 2. The van der Waals surface area contributed by atoms with Gasteiger partial charge in [-0.1, -0.05) is 18.5 Å². The Bertz CT molecular complexity index is 1340. The van der Waals surface area contributed by atoms with E-state index in [-0.39, 0.29) is 30.3 Å². The number of phenolic OH excluding ortho intramolecular Hbond substituents is 1. The van der Waals surface area contributed by atoms with Gasteiger partial charge in [0.15, 0.2) is 0 Å². The number of phenols is 1. The van der Waals surface area contributed by atoms with Crippen LogP contribution in [0.3, 0.4) is 0 Å². The fourth-order valence-electron chi connectivity index (χ4n) is 4.28. The van der Waals surface area contributed by atoms with E-state index in [4.69, 9.17) is 25.4 Å². The molecule has 0 amide bonds. The number of halogens is 1. The van der Waals surface area contributed by atoms with E-state index in [1.807, 2.05) is 24.3 Å². The number of aromatic nitrogens is 1. The molecule has 2 aromatic carbocycles. The number of aromatic hydroxyl groups is 1. The lowest BCUT2D eigenvalue weighted by Crippen LogP contribution is -2.37. The second kappa shape index (κ2) is 16.1. The predicted molar refractivity (Wildman–Crippen MR) is 167 cm³/mol. The average molecular weight is 621 g/mol. The Morgan fingerprint density at radius 3 is 2.52 bits per heavy atom. The van der Waals surface area contributed by atoms with Gasteiger partial charge in [-0.3, -0.25) is 14.3 Å². The minimum Gasteiger partial charge on any atom is -0.508 e. The summed E-state index contributed by atoms with van der Waals surface area (Å²) in [5.74, 6) is -0.293. The highest BCUT2D eigenvalue weighted by atomic mass is 35.5. The van der Waals surface area contributed by atoms with Gasteiger partial charge in [-0.05, 0) is 102 Å². The smallest absolute Gasteiger partial charge is 0.459 e. The first-order valence-electron chi connectivity index (χ1n) is 14.2. The van der Waals surface area contributed by atoms with Gasteiger partial charge in [-0.2, -0.15) is 5.09 Å². The minimum absolute atomic E-state index is 0.0436. The molecule has 1 heterocycles. The number of rotatable bonds is 17. The summed E-state index contributed by atoms with van der Waals surface area (Å²) < 4.78 is 30.3. The molecule has 0 saturated heterocycles. The van der Waals surface area contributed by atoms with Crippen LogP contribution >= 0.6 is 19.3 Å². The average Bonchev–Trinajstić information content (AvgIpc) is 2.93. The number of fused-ring (bicyclic) bond motifs is 1. The Kier molecular flexibility index (Phi) is 12.9. The van der Waals surface area contributed by atoms with E-state index >= 15 is 0 Å². The summed E-state index contributed by atoms with van der Waals surface area (Å²) in [4.78, 5) is 19.0. The molecular weight excluding hydrogens is 579 g/mol. The molecule has 10 nitrogen and oxygen atoms in total. The van der Waals surface area contributed by atoms with Crippen LogP contribution in [-0.4, -0.2) is 65.4 Å². The van der Waals surface area contributed by atoms with Crippen molar-refractivity contribution in [1.29, 1.82) is 0 Å². The van der Waals surface area contributed by atoms with Crippen molar-refractivity contribution in [1.82, 2.24) is 15.0 Å². The number of carbonyl (C=O) groups is 1. The van der Waals surface area contributed by atoms with E-state index in [1.54, 1.807) is 27.0 Å². The van der Waals surface area contributed by atoms with Crippen molar-refractivity contribution < 1.29 is 28.3 Å². The fourth-order valence-corrected chi connectivity index (χ4v) is 5.93. The van der Waals surface area contributed by atoms with Crippen LogP contribution in [0, 0.1) is 0 Å². The number of likely N-dealkylation sites (N-methyl/N-ethyl adjacent to an activating group) is 1. The quantitative estimate of drug-likeness (QED) is 0.112. The summed E-state index contributed by atoms with van der Waals surface area (Å²) in [5.41, 5.74) is 1.87. The third-order valence-corrected chi connectivity index (χ3v) is 8.37. The first-order valence-corrected chi connectivity index (χ1v) is 16.1. The van der Waals surface area contributed by atoms with E-state index in [0.29, 0.717) is 11.6 Å². The Hall–Kier alpha value is -2.88. The highest BCUT2D eigenvalue weighted by molar-refractivity contribution is 7.52. The monoisotopic (exact) mass is 620 g/mol. The van der Waals surface area contributed by atoms with Crippen molar-refractivity contribution >= 4 is 41.9 Å². The van der Waals surface area contributed by atoms with E-state index in [0.717, 1.165) is 42.5 Å². The van der Waals surface area contributed by atoms with Crippen LogP contribution in [0.1, 0.15) is 47.5 Å². The van der Waals surface area contributed by atoms with E-state index in [9.17, 15) is 14.5 Å². The van der Waals surface area contributed by atoms with Crippen molar-refractivity contribution in [2.24, 2.45) is 0 Å². The van der Waals surface area contributed by atoms with Crippen LogP contribution in [0.4, 0.5) is 5.69 Å². The van der Waals surface area contributed by atoms with Crippen molar-refractivity contribution in [3.8, 4) is 11.5 Å². The number of hydrogen-bond donors (Lipinski definition) is 3. The molecule has 0 bridgehead atoms. The molecule has 0 radical (unpaired) electrons. The van der Waals surface area contributed by atoms with Gasteiger partial charge >= 0.3 is 13.7 Å². The number of nitrogens with zero attached hydrogens (tertiary/aromatic N) is 2. The zero-order valence-electron chi connectivity index (χ0n) is 24.9. The van der Waals surface area contributed by atoms with Gasteiger partial charge < -0.3 is 24.6 Å². The minimum atomic E-state index is -3.96. The molecule has 0 aliphatic heterocycles. The maximum absolute atomic E-state index is 13.7. The maximum Gasteiger partial charge on any atom is 0.459 e. The molecule has 3 aromatic rings. The van der Waals surface area contributed by atoms with E-state index in [2.05, 4.69) is 34.1 Å². The molecule has 12 heteroatoms. The summed E-state index contributed by atoms with van der Waals surface area (Å²) in [5, 5.41) is 17.5. The number of carbonyl (C=O) groups excluding carboxylic acids is 1. The Morgan fingerprint density at radius 2 is 1.83 bits per heavy atom. The van der Waals surface area contributed by atoms with Crippen molar-refractivity contribution in [3.05, 3.63) is 59.8 Å². The standard InChI is InChI=1S/C30H42ClN4O6P/c1-6-35(17-7-8-22(4)33-28-15-16-32-29-20-24(31)9-14-27(28)29)18-19-39-42(38,34-23(5)30(37)40-21(2)3)41-26-12-10-25(36)11-13-26/h9-16,20-23,36H,6-8,17-19H2,1-5H3,(H,32,33)(H,34,38)/t22-,23+,42+/m1/s1. The number of esters is 1. The molecule has 0 aliphatic carbocycles. The molecule has 230 valence electrons. The molecule has 42 heavy (non-hydrogen) atoms. The summed E-state index contributed by atoms with van der Waals surface area (Å²) in [7, 11) is -3.96. The van der Waals surface area contributed by atoms with Crippen molar-refractivity contribution in [3.63, 3.8) is 0 Å². The SMILES string of the molecule is CCN(CCC[C@@H](C)Nc1ccnc2cc(Cl)ccc12)CCO[P@@](=O)(N[C@@H](C)C(=O)OC(C)C)Oc1ccc(O)cc1. The predicted octanol–water partition coefficient (Wildman–Crippen LogP) is 6.63. The van der Waals surface area contributed by atoms with Crippen LogP contribution in [0.5, 0.6) is 11.5 Å². The highest BCUT2D eigenvalue weighted by Gasteiger charge is 2.32. The zero-order chi connectivity index (χ0) is 30.7. The first-order chi connectivity index (χ1) is 20.0. The number of anilines is 1. The van der Waals surface area contributed by atoms with Gasteiger partial charge in [-0.25, -0.2) is 4.57 Å². The summed E-state index contributed by atoms with van der Waals surface area (Å²) in [6.07, 6.45) is 3.34. The van der Waals surface area contributed by atoms with Gasteiger partial charge in [-0.15, -0.1) is 0 Å². The highest BCUT2D eigenvalue weighted by Crippen LogP contribution is 2.45. The van der Waals surface area contributed by atoms with Crippen LogP contribution in [0.15, 0.2) is 54.7 Å². The van der Waals surface area contributed by atoms with Gasteiger partial charge in [0.2, 0.25) is 0 Å². The molecule has 3 N–H and O–H groups in total. The van der Waals surface area contributed by atoms with Gasteiger partial charge in [0, 0.05) is 34.9 Å². The molecular formula is C30H42ClN4O6P. The second-order valence-electron chi connectivity index (χ2n) is 10.4. The Balaban J connectivity index is 1.52. The lowest BCUT2D eigenvalue weighted by molar-refractivity contribution is -0.149. The van der Waals surface area contributed by atoms with Gasteiger partial charge in [0.05, 0.1) is 18.2 Å². The topological polar surface area (TPSA) is 122 Å². The normalized spacial score (nSPS) is 14.5. The van der Waals surface area contributed by atoms with Crippen molar-refractivity contribution in [2.45, 2.75) is 65.6 Å². The van der Waals surface area contributed by atoms with Gasteiger partial charge in [0.25, 0.3) is 0 Å². The molecule has 3 rings (SSSR count). The molecule has 3 atom stereocenters. The van der Waals surface area contributed by atoms with Crippen molar-refractivity contribution in [2.75, 3.05) is 31.6 Å². The molecule has 0 aliphatic rings. The van der Waals surface area contributed by atoms with Gasteiger partial charge in [0.1, 0.15) is 17.5 Å². The molecule has 0 spiro atoms. The largest absolute Gasteiger partial charge is 0.508 e. The Morgan fingerprint density at radius 1 is 1.10 bits per heavy atom. The second-order valence-corrected chi connectivity index (χ2v) is 12.5. The lowest BCUT2D eigenvalue weighted by atomic mass is 10.1. The number of nitrogens with one attached hydrogen (secondary N) is 2. The Labute approximate surface area is 253 Å². The zero-order valence-corrected chi connectivity index (χ0v) is 26.5. The molecule has 1 aromatic heterocycles. The summed E-state index contributed by atoms with van der Waals surface area (Å²) in [6.45, 7) is 11.5. The van der Waals surface area contributed by atoms with Crippen LogP contribution in [0.25, 0.3) is 10.9 Å². The fraction of sp³-hybridized carbons (Fsp3) is 0.467. The van der Waals surface area contributed by atoms with Crippen LogP contribution in [0.2, 0.25) is 5.02 Å². The summed E-state index contributed by atoms with van der Waals surface area (Å²) >= 11 is 6.12. The third-order valence-electron chi connectivity index (χ3n) is 6.45. The van der Waals surface area contributed by atoms with E-state index < -0.39 is 19.8 Å². The lowest BCUT2D eigenvalue weighted by Gasteiger charge is -2.25. The van der Waals surface area contributed by atoms with Crippen LogP contribution < -0.4 is 14.9 Å². The first kappa shape index (κ1) is 33.6. The van der Waals surface area contributed by atoms with E-state index in [1.165, 1.54) is 24.3 Å². The number of pyridine rings is 1. The maximum atomic E-state index is 13.7. The number of hydrogen-bond acceptors (Lipinski definition) is 9. The van der Waals surface area contributed by atoms with Crippen LogP contribution in [-0.2, 0) is 18.6 Å². The molecule has 0 unspecified atom stereocenters. The molecule has 0 fully saturated rings. The third kappa shape index (κ3) is 10.7. The summed E-state index contributed by atoms with van der Waals surface area (Å²) in [6, 6.07) is 12.8. The number of ether oxygens (including phenoxy) is 1. The molecule has 0 saturated carbocycles.